The van der Waals surface area contributed by atoms with Gasteiger partial charge in [-0.25, -0.2) is 15.0 Å². The zero-order valence-electron chi connectivity index (χ0n) is 19.9. The normalized spacial score (nSPS) is 14.3. The number of hydrogen-bond donors (Lipinski definition) is 0. The van der Waals surface area contributed by atoms with Gasteiger partial charge in [0.05, 0.1) is 25.3 Å². The van der Waals surface area contributed by atoms with Crippen molar-refractivity contribution in [2.75, 3.05) is 14.2 Å². The third-order valence-electron chi connectivity index (χ3n) is 7.07. The first-order valence-corrected chi connectivity index (χ1v) is 12.0. The van der Waals surface area contributed by atoms with Crippen LogP contribution in [-0.2, 0) is 13.0 Å². The first-order chi connectivity index (χ1) is 17.2. The molecule has 178 valence electrons. The minimum Gasteiger partial charge on any atom is -0.493 e. The lowest BCUT2D eigenvalue weighted by molar-refractivity contribution is 0.354. The van der Waals surface area contributed by atoms with Crippen molar-refractivity contribution in [3.63, 3.8) is 0 Å². The van der Waals surface area contributed by atoms with Gasteiger partial charge >= 0.3 is 0 Å². The van der Waals surface area contributed by atoms with Crippen molar-refractivity contribution in [2.45, 2.75) is 44.7 Å². The molecule has 1 aliphatic carbocycles. The minimum absolute atomic E-state index is 0.0265. The summed E-state index contributed by atoms with van der Waals surface area (Å²) in [4.78, 5) is 28.3. The van der Waals surface area contributed by atoms with Crippen LogP contribution >= 0.6 is 0 Å². The van der Waals surface area contributed by atoms with Gasteiger partial charge in [0.1, 0.15) is 17.2 Å². The molecule has 35 heavy (non-hydrogen) atoms. The number of ether oxygens (including phenoxy) is 2. The summed E-state index contributed by atoms with van der Waals surface area (Å²) >= 11 is 0. The standard InChI is InChI=1S/C27H27N5O3/c1-34-21-12-11-17(15-22(21)35-2)13-14-31-25-23(27(33)32(16-28-25)18-7-3-4-8-18)24-26(31)30-20-10-6-5-9-19(20)29-24/h5-6,9-12,15-16,18H,3-4,7-8,13-14H2,1-2H3. The van der Waals surface area contributed by atoms with Crippen LogP contribution in [0.3, 0.4) is 0 Å². The summed E-state index contributed by atoms with van der Waals surface area (Å²) in [5.74, 6) is 1.38. The van der Waals surface area contributed by atoms with Crippen LogP contribution in [0.5, 0.6) is 11.5 Å². The van der Waals surface area contributed by atoms with Gasteiger partial charge in [0, 0.05) is 12.6 Å². The van der Waals surface area contributed by atoms with E-state index in [-0.39, 0.29) is 11.6 Å². The smallest absolute Gasteiger partial charge is 0.265 e. The Morgan fingerprint density at radius 1 is 0.943 bits per heavy atom. The van der Waals surface area contributed by atoms with Gasteiger partial charge in [-0.2, -0.15) is 0 Å². The van der Waals surface area contributed by atoms with Crippen molar-refractivity contribution in [1.82, 2.24) is 24.1 Å². The number of methoxy groups -OCH3 is 2. The fraction of sp³-hybridized carbons (Fsp3) is 0.333. The van der Waals surface area contributed by atoms with Crippen molar-refractivity contribution < 1.29 is 9.47 Å². The molecule has 8 heteroatoms. The van der Waals surface area contributed by atoms with Crippen molar-refractivity contribution in [1.29, 1.82) is 0 Å². The molecular formula is C27H27N5O3. The van der Waals surface area contributed by atoms with Crippen LogP contribution in [0, 0.1) is 0 Å². The highest BCUT2D eigenvalue weighted by molar-refractivity contribution is 6.04. The highest BCUT2D eigenvalue weighted by Gasteiger charge is 2.24. The predicted molar refractivity (Wildman–Crippen MR) is 135 cm³/mol. The monoisotopic (exact) mass is 469 g/mol. The maximum absolute atomic E-state index is 13.7. The summed E-state index contributed by atoms with van der Waals surface area (Å²) in [5.41, 5.74) is 4.58. The average Bonchev–Trinajstić information content (AvgIpc) is 3.53. The SMILES string of the molecule is COc1ccc(CCn2c3nc4ccccc4nc3c3c(=O)n(C4CCCC4)cnc32)cc1OC. The summed E-state index contributed by atoms with van der Waals surface area (Å²) in [6.45, 7) is 0.600. The van der Waals surface area contributed by atoms with E-state index in [0.29, 0.717) is 46.7 Å². The summed E-state index contributed by atoms with van der Waals surface area (Å²) in [5, 5.41) is 0.556. The van der Waals surface area contributed by atoms with Crippen molar-refractivity contribution in [3.8, 4) is 11.5 Å². The number of para-hydroxylation sites is 2. The number of hydrogen-bond acceptors (Lipinski definition) is 6. The van der Waals surface area contributed by atoms with Gasteiger partial charge in [0.2, 0.25) is 0 Å². The highest BCUT2D eigenvalue weighted by Crippen LogP contribution is 2.31. The molecule has 0 saturated heterocycles. The molecule has 8 nitrogen and oxygen atoms in total. The Morgan fingerprint density at radius 2 is 1.69 bits per heavy atom. The maximum Gasteiger partial charge on any atom is 0.265 e. The van der Waals surface area contributed by atoms with Crippen molar-refractivity contribution >= 4 is 33.2 Å². The topological polar surface area (TPSA) is 84.1 Å². The number of nitrogens with zero attached hydrogens (tertiary/aromatic N) is 5. The molecule has 0 bridgehead atoms. The van der Waals surface area contributed by atoms with E-state index in [9.17, 15) is 4.79 Å². The van der Waals surface area contributed by atoms with Gasteiger partial charge in [-0.3, -0.25) is 9.36 Å². The summed E-state index contributed by atoms with van der Waals surface area (Å²) in [7, 11) is 3.26. The number of aromatic nitrogens is 5. The van der Waals surface area contributed by atoms with Crippen LogP contribution in [0.15, 0.2) is 53.6 Å². The van der Waals surface area contributed by atoms with Crippen LogP contribution < -0.4 is 15.0 Å². The number of rotatable bonds is 6. The second-order valence-corrected chi connectivity index (χ2v) is 9.07. The van der Waals surface area contributed by atoms with Crippen molar-refractivity contribution in [3.05, 3.63) is 64.7 Å². The second kappa shape index (κ2) is 8.69. The van der Waals surface area contributed by atoms with Crippen LogP contribution in [-0.4, -0.2) is 38.3 Å². The fourth-order valence-electron chi connectivity index (χ4n) is 5.25. The Balaban J connectivity index is 1.51. The van der Waals surface area contributed by atoms with E-state index in [1.807, 2.05) is 51.6 Å². The van der Waals surface area contributed by atoms with Gasteiger partial charge in [-0.1, -0.05) is 31.0 Å². The second-order valence-electron chi connectivity index (χ2n) is 9.07. The minimum atomic E-state index is -0.0265. The van der Waals surface area contributed by atoms with Crippen LogP contribution in [0.25, 0.3) is 33.2 Å². The molecule has 1 fully saturated rings. The summed E-state index contributed by atoms with van der Waals surface area (Å²) in [6.07, 6.45) is 6.74. The Morgan fingerprint density at radius 3 is 2.43 bits per heavy atom. The molecule has 2 aromatic carbocycles. The molecule has 3 aromatic heterocycles. The highest BCUT2D eigenvalue weighted by atomic mass is 16.5. The lowest BCUT2D eigenvalue weighted by Gasteiger charge is -2.13. The quantitative estimate of drug-likeness (QED) is 0.359. The van der Waals surface area contributed by atoms with Gasteiger partial charge in [0.25, 0.3) is 5.56 Å². The molecule has 0 spiro atoms. The molecular weight excluding hydrogens is 442 g/mol. The molecule has 0 unspecified atom stereocenters. The molecule has 0 radical (unpaired) electrons. The average molecular weight is 470 g/mol. The van der Waals surface area contributed by atoms with E-state index in [0.717, 1.165) is 42.3 Å². The molecule has 0 aliphatic heterocycles. The summed E-state index contributed by atoms with van der Waals surface area (Å²) < 4.78 is 14.7. The van der Waals surface area contributed by atoms with Crippen LogP contribution in [0.2, 0.25) is 0 Å². The van der Waals surface area contributed by atoms with Crippen LogP contribution in [0.4, 0.5) is 0 Å². The third kappa shape index (κ3) is 3.60. The molecule has 1 saturated carbocycles. The zero-order chi connectivity index (χ0) is 23.9. The first kappa shape index (κ1) is 21.6. The Hall–Kier alpha value is -3.94. The third-order valence-corrected chi connectivity index (χ3v) is 7.07. The number of aryl methyl sites for hydroxylation is 2. The Kier molecular flexibility index (Phi) is 5.36. The molecule has 3 heterocycles. The lowest BCUT2D eigenvalue weighted by Crippen LogP contribution is -2.24. The Bertz CT molecular complexity index is 1610. The fourth-order valence-corrected chi connectivity index (χ4v) is 5.25. The molecule has 6 rings (SSSR count). The van der Waals surface area contributed by atoms with Crippen LogP contribution in [0.1, 0.15) is 37.3 Å². The predicted octanol–water partition coefficient (Wildman–Crippen LogP) is 4.67. The maximum atomic E-state index is 13.7. The number of benzene rings is 2. The van der Waals surface area contributed by atoms with E-state index in [4.69, 9.17) is 24.4 Å². The van der Waals surface area contributed by atoms with Gasteiger partial charge in [0.15, 0.2) is 22.8 Å². The van der Waals surface area contributed by atoms with E-state index in [1.54, 1.807) is 20.5 Å². The van der Waals surface area contributed by atoms with Crippen molar-refractivity contribution in [2.24, 2.45) is 0 Å². The first-order valence-electron chi connectivity index (χ1n) is 12.0. The van der Waals surface area contributed by atoms with E-state index in [1.165, 1.54) is 0 Å². The van der Waals surface area contributed by atoms with E-state index in [2.05, 4.69) is 0 Å². The van der Waals surface area contributed by atoms with E-state index >= 15 is 0 Å². The molecule has 0 atom stereocenters. The largest absolute Gasteiger partial charge is 0.493 e. The molecule has 5 aromatic rings. The molecule has 0 amide bonds. The van der Waals surface area contributed by atoms with E-state index < -0.39 is 0 Å². The lowest BCUT2D eigenvalue weighted by atomic mass is 10.1. The Labute approximate surface area is 202 Å². The summed E-state index contributed by atoms with van der Waals surface area (Å²) in [6, 6.07) is 13.9. The molecule has 0 N–H and O–H groups in total. The molecule has 1 aliphatic rings. The van der Waals surface area contributed by atoms with Gasteiger partial charge < -0.3 is 14.0 Å². The zero-order valence-corrected chi connectivity index (χ0v) is 19.9. The van der Waals surface area contributed by atoms with Gasteiger partial charge in [-0.05, 0) is 49.1 Å². The van der Waals surface area contributed by atoms with Gasteiger partial charge in [-0.15, -0.1) is 0 Å². The number of fused-ring (bicyclic) bond motifs is 4.